The van der Waals surface area contributed by atoms with Crippen LogP contribution in [0.3, 0.4) is 0 Å². The fourth-order valence-corrected chi connectivity index (χ4v) is 6.07. The van der Waals surface area contributed by atoms with E-state index in [-0.39, 0.29) is 43.7 Å². The molecule has 250 valence electrons. The zero-order valence-electron chi connectivity index (χ0n) is 25.7. The van der Waals surface area contributed by atoms with Crippen molar-refractivity contribution in [1.29, 1.82) is 0 Å². The minimum absolute atomic E-state index is 0.0610. The summed E-state index contributed by atoms with van der Waals surface area (Å²) in [6.07, 6.45) is -2.31. The molecule has 1 amide bonds. The standard InChI is InChI=1S/C30H36F5N5O5Si/c1-46(2,3)11-10-45-18-39-9-8-25(37-39)26(41)17-38(16-19-12-21(31)14-22(32)13-19)28(42)24-15-36-40(27(24)30(33,34)35)23-6-4-20(5-7-23)29(43)44/h8-9,12-15,20,23H,4-7,10-11,16-18H2,1-3H3,(H,43,44). The number of halogens is 5. The SMILES string of the molecule is C[Si](C)(C)CCOCn1ccc(C(=O)CN(Cc2cc(F)cc(F)c2)C(=O)c2cnn(C3CCC(C(=O)O)CC3)c2C(F)(F)F)n1. The number of aromatic nitrogens is 4. The van der Waals surface area contributed by atoms with E-state index in [4.69, 9.17) is 4.74 Å². The van der Waals surface area contributed by atoms with Crippen molar-refractivity contribution in [2.75, 3.05) is 13.2 Å². The smallest absolute Gasteiger partial charge is 0.433 e. The molecule has 0 spiro atoms. The lowest BCUT2D eigenvalue weighted by atomic mass is 9.86. The quantitative estimate of drug-likeness (QED) is 0.102. The Morgan fingerprint density at radius 2 is 1.72 bits per heavy atom. The molecule has 1 aromatic carbocycles. The van der Waals surface area contributed by atoms with Crippen molar-refractivity contribution in [3.8, 4) is 0 Å². The molecule has 1 saturated carbocycles. The molecule has 3 aromatic rings. The number of ketones is 1. The van der Waals surface area contributed by atoms with Gasteiger partial charge in [0.15, 0.2) is 5.69 Å². The maximum atomic E-state index is 14.5. The number of carboxylic acids is 1. The van der Waals surface area contributed by atoms with Crippen molar-refractivity contribution >= 4 is 25.7 Å². The van der Waals surface area contributed by atoms with Crippen molar-refractivity contribution in [2.45, 2.75) is 76.9 Å². The van der Waals surface area contributed by atoms with E-state index >= 15 is 0 Å². The number of carbonyl (C=O) groups excluding carboxylic acids is 2. The van der Waals surface area contributed by atoms with Gasteiger partial charge in [0.25, 0.3) is 5.91 Å². The first-order valence-corrected chi connectivity index (χ1v) is 18.5. The summed E-state index contributed by atoms with van der Waals surface area (Å²) < 4.78 is 79.1. The Balaban J connectivity index is 1.60. The summed E-state index contributed by atoms with van der Waals surface area (Å²) in [5.74, 6) is -5.61. The second-order valence-electron chi connectivity index (χ2n) is 12.6. The molecule has 2 aromatic heterocycles. The minimum Gasteiger partial charge on any atom is -0.481 e. The molecule has 1 aliphatic rings. The van der Waals surface area contributed by atoms with Gasteiger partial charge < -0.3 is 14.7 Å². The first-order chi connectivity index (χ1) is 21.5. The molecule has 0 unspecified atom stereocenters. The summed E-state index contributed by atoms with van der Waals surface area (Å²) in [6, 6.07) is 3.91. The molecular weight excluding hydrogens is 633 g/mol. The van der Waals surface area contributed by atoms with Crippen LogP contribution in [0.1, 0.15) is 63.8 Å². The molecule has 1 aliphatic carbocycles. The third-order valence-corrected chi connectivity index (χ3v) is 9.45. The first-order valence-electron chi connectivity index (χ1n) is 14.8. The number of hydrogen-bond donors (Lipinski definition) is 1. The van der Waals surface area contributed by atoms with Crippen LogP contribution in [0.5, 0.6) is 0 Å². The van der Waals surface area contributed by atoms with Gasteiger partial charge >= 0.3 is 12.1 Å². The fraction of sp³-hybridized carbons (Fsp3) is 0.500. The van der Waals surface area contributed by atoms with Crippen LogP contribution < -0.4 is 0 Å². The van der Waals surface area contributed by atoms with Crippen molar-refractivity contribution in [3.63, 3.8) is 0 Å². The van der Waals surface area contributed by atoms with Gasteiger partial charge in [0, 0.05) is 33.5 Å². The highest BCUT2D eigenvalue weighted by Gasteiger charge is 2.43. The topological polar surface area (TPSA) is 120 Å². The van der Waals surface area contributed by atoms with Gasteiger partial charge in [0.2, 0.25) is 5.78 Å². The second kappa shape index (κ2) is 14.2. The van der Waals surface area contributed by atoms with E-state index < -0.39 is 79.9 Å². The number of aliphatic carboxylic acids is 1. The Morgan fingerprint density at radius 1 is 1.07 bits per heavy atom. The number of amides is 1. The van der Waals surface area contributed by atoms with Crippen molar-refractivity contribution in [2.24, 2.45) is 5.92 Å². The number of nitrogens with zero attached hydrogens (tertiary/aromatic N) is 5. The van der Waals surface area contributed by atoms with Gasteiger partial charge in [-0.2, -0.15) is 23.4 Å². The van der Waals surface area contributed by atoms with Crippen LogP contribution in [-0.2, 0) is 29.0 Å². The van der Waals surface area contributed by atoms with Crippen LogP contribution in [0.25, 0.3) is 0 Å². The molecule has 2 heterocycles. The van der Waals surface area contributed by atoms with Crippen LogP contribution in [0.2, 0.25) is 25.7 Å². The number of Topliss-reactive ketones (excluding diaryl/α,β-unsaturated/α-hetero) is 1. The van der Waals surface area contributed by atoms with Crippen molar-refractivity contribution in [3.05, 3.63) is 70.8 Å². The number of carboxylic acid groups (broad SMARTS) is 1. The first kappa shape index (κ1) is 34.9. The van der Waals surface area contributed by atoms with E-state index in [1.165, 1.54) is 16.9 Å². The van der Waals surface area contributed by atoms with Gasteiger partial charge in [-0.25, -0.2) is 13.5 Å². The third-order valence-electron chi connectivity index (χ3n) is 7.75. The summed E-state index contributed by atoms with van der Waals surface area (Å²) in [5, 5.41) is 17.3. The number of hydrogen-bond acceptors (Lipinski definition) is 6. The lowest BCUT2D eigenvalue weighted by Gasteiger charge is -2.28. The Labute approximate surface area is 263 Å². The average Bonchev–Trinajstić information content (AvgIpc) is 3.62. The molecule has 46 heavy (non-hydrogen) atoms. The number of benzene rings is 1. The van der Waals surface area contributed by atoms with Crippen molar-refractivity contribution in [1.82, 2.24) is 24.5 Å². The van der Waals surface area contributed by atoms with E-state index in [1.54, 1.807) is 0 Å². The number of alkyl halides is 3. The predicted octanol–water partition coefficient (Wildman–Crippen LogP) is 6.03. The molecule has 1 N–H and O–H groups in total. The summed E-state index contributed by atoms with van der Waals surface area (Å²) in [5.41, 5.74) is -2.37. The van der Waals surface area contributed by atoms with Gasteiger partial charge in [-0.3, -0.25) is 19.1 Å². The highest BCUT2D eigenvalue weighted by Crippen LogP contribution is 2.39. The van der Waals surface area contributed by atoms with E-state index in [1.807, 2.05) is 0 Å². The molecule has 0 atom stereocenters. The van der Waals surface area contributed by atoms with Crippen molar-refractivity contribution < 1.29 is 46.2 Å². The predicted molar refractivity (Wildman–Crippen MR) is 158 cm³/mol. The molecule has 1 fully saturated rings. The van der Waals surface area contributed by atoms with Crippen LogP contribution in [-0.4, -0.2) is 68.5 Å². The summed E-state index contributed by atoms with van der Waals surface area (Å²) in [7, 11) is -1.33. The number of carbonyl (C=O) groups is 3. The lowest BCUT2D eigenvalue weighted by molar-refractivity contribution is -0.147. The summed E-state index contributed by atoms with van der Waals surface area (Å²) >= 11 is 0. The normalized spacial score (nSPS) is 17.2. The van der Waals surface area contributed by atoms with Gasteiger partial charge in [-0.15, -0.1) is 0 Å². The van der Waals surface area contributed by atoms with Gasteiger partial charge in [-0.05, 0) is 55.5 Å². The Hall–Kier alpha value is -3.92. The molecular formula is C30H36F5N5O5Si. The van der Waals surface area contributed by atoms with Gasteiger partial charge in [-0.1, -0.05) is 19.6 Å². The van der Waals surface area contributed by atoms with Gasteiger partial charge in [0.1, 0.15) is 24.1 Å². The number of ether oxygens (including phenoxy) is 1. The molecule has 0 bridgehead atoms. The number of rotatable bonds is 13. The summed E-state index contributed by atoms with van der Waals surface area (Å²) in [4.78, 5) is 39.1. The Morgan fingerprint density at radius 3 is 2.30 bits per heavy atom. The maximum absolute atomic E-state index is 14.5. The average molecular weight is 670 g/mol. The van der Waals surface area contributed by atoms with Crippen LogP contribution in [0, 0.1) is 17.6 Å². The fourth-order valence-electron chi connectivity index (χ4n) is 5.31. The molecule has 0 radical (unpaired) electrons. The highest BCUT2D eigenvalue weighted by atomic mass is 28.3. The third kappa shape index (κ3) is 9.08. The zero-order valence-corrected chi connectivity index (χ0v) is 26.7. The van der Waals surface area contributed by atoms with Crippen LogP contribution >= 0.6 is 0 Å². The highest BCUT2D eigenvalue weighted by molar-refractivity contribution is 6.76. The molecule has 0 aliphatic heterocycles. The van der Waals surface area contributed by atoms with E-state index in [2.05, 4.69) is 29.8 Å². The molecule has 16 heteroatoms. The van der Waals surface area contributed by atoms with Crippen LogP contribution in [0.15, 0.2) is 36.7 Å². The molecule has 0 saturated heterocycles. The molecule has 10 nitrogen and oxygen atoms in total. The van der Waals surface area contributed by atoms with E-state index in [9.17, 15) is 41.4 Å². The van der Waals surface area contributed by atoms with Gasteiger partial charge in [0.05, 0.1) is 30.3 Å². The summed E-state index contributed by atoms with van der Waals surface area (Å²) in [6.45, 7) is 5.81. The van der Waals surface area contributed by atoms with Crippen LogP contribution in [0.4, 0.5) is 22.0 Å². The maximum Gasteiger partial charge on any atom is 0.433 e. The lowest BCUT2D eigenvalue weighted by Crippen LogP contribution is -2.37. The second-order valence-corrected chi connectivity index (χ2v) is 18.3. The Bertz CT molecular complexity index is 1540. The largest absolute Gasteiger partial charge is 0.481 e. The zero-order chi connectivity index (χ0) is 33.8. The molecule has 4 rings (SSSR count). The minimum atomic E-state index is -5.04. The monoisotopic (exact) mass is 669 g/mol. The van der Waals surface area contributed by atoms with E-state index in [0.717, 1.165) is 29.3 Å². The Kier molecular flexibility index (Phi) is 10.8. The van der Waals surface area contributed by atoms with E-state index in [0.29, 0.717) is 17.4 Å².